The van der Waals surface area contributed by atoms with E-state index in [0.29, 0.717) is 11.9 Å². The van der Waals surface area contributed by atoms with E-state index in [9.17, 15) is 4.79 Å². The number of likely N-dealkylation sites (tertiary alicyclic amines) is 1. The molecule has 2 aliphatic rings. The summed E-state index contributed by atoms with van der Waals surface area (Å²) in [5.74, 6) is 1.60. The summed E-state index contributed by atoms with van der Waals surface area (Å²) in [4.78, 5) is 21.3. The molecule has 22 heavy (non-hydrogen) atoms. The van der Waals surface area contributed by atoms with Crippen molar-refractivity contribution in [2.75, 3.05) is 25.0 Å². The van der Waals surface area contributed by atoms with Crippen molar-refractivity contribution in [1.82, 2.24) is 9.88 Å². The third kappa shape index (κ3) is 3.32. The van der Waals surface area contributed by atoms with Crippen LogP contribution in [0.4, 0.5) is 5.82 Å². The SMILES string of the molecule is CN(c1ccccn1)C1CCN(C(=O)C2CC=CCC2)CC1. The molecule has 0 aromatic carbocycles. The zero-order valence-electron chi connectivity index (χ0n) is 13.3. The Morgan fingerprint density at radius 3 is 2.68 bits per heavy atom. The van der Waals surface area contributed by atoms with Gasteiger partial charge < -0.3 is 9.80 Å². The smallest absolute Gasteiger partial charge is 0.226 e. The lowest BCUT2D eigenvalue weighted by Crippen LogP contribution is -2.47. The van der Waals surface area contributed by atoms with Gasteiger partial charge in [-0.3, -0.25) is 4.79 Å². The summed E-state index contributed by atoms with van der Waals surface area (Å²) in [5, 5.41) is 0. The minimum absolute atomic E-state index is 0.218. The fourth-order valence-electron chi connectivity index (χ4n) is 3.50. The van der Waals surface area contributed by atoms with Crippen molar-refractivity contribution in [3.05, 3.63) is 36.5 Å². The Balaban J connectivity index is 1.54. The first-order valence-corrected chi connectivity index (χ1v) is 8.33. The van der Waals surface area contributed by atoms with Gasteiger partial charge in [-0.05, 0) is 44.2 Å². The molecule has 4 heteroatoms. The van der Waals surface area contributed by atoms with E-state index in [1.54, 1.807) is 0 Å². The fourth-order valence-corrected chi connectivity index (χ4v) is 3.50. The maximum absolute atomic E-state index is 12.6. The summed E-state index contributed by atoms with van der Waals surface area (Å²) in [6.07, 6.45) is 11.2. The van der Waals surface area contributed by atoms with Gasteiger partial charge in [0.2, 0.25) is 5.91 Å². The molecule has 2 heterocycles. The second kappa shape index (κ2) is 6.95. The van der Waals surface area contributed by atoms with Gasteiger partial charge in [-0.25, -0.2) is 4.98 Å². The molecule has 0 spiro atoms. The number of amides is 1. The number of anilines is 1. The van der Waals surface area contributed by atoms with Crippen molar-refractivity contribution >= 4 is 11.7 Å². The van der Waals surface area contributed by atoms with Crippen LogP contribution in [0, 0.1) is 5.92 Å². The van der Waals surface area contributed by atoms with E-state index >= 15 is 0 Å². The van der Waals surface area contributed by atoms with Gasteiger partial charge in [0.15, 0.2) is 0 Å². The van der Waals surface area contributed by atoms with Gasteiger partial charge in [-0.2, -0.15) is 0 Å². The van der Waals surface area contributed by atoms with Crippen molar-refractivity contribution in [3.8, 4) is 0 Å². The van der Waals surface area contributed by atoms with Gasteiger partial charge in [-0.15, -0.1) is 0 Å². The van der Waals surface area contributed by atoms with Crippen LogP contribution in [0.15, 0.2) is 36.5 Å². The predicted octanol–water partition coefficient (Wildman–Crippen LogP) is 2.87. The average molecular weight is 299 g/mol. The van der Waals surface area contributed by atoms with Gasteiger partial charge in [0.25, 0.3) is 0 Å². The van der Waals surface area contributed by atoms with Gasteiger partial charge >= 0.3 is 0 Å². The standard InChI is InChI=1S/C18H25N3O/c1-20(17-9-5-6-12-19-17)16-10-13-21(14-11-16)18(22)15-7-3-2-4-8-15/h2-3,5-6,9,12,15-16H,4,7-8,10-11,13-14H2,1H3. The Morgan fingerprint density at radius 1 is 1.23 bits per heavy atom. The summed E-state index contributed by atoms with van der Waals surface area (Å²) < 4.78 is 0. The molecule has 0 N–H and O–H groups in total. The third-order valence-corrected chi connectivity index (χ3v) is 4.95. The van der Waals surface area contributed by atoms with Crippen LogP contribution in [0.2, 0.25) is 0 Å². The van der Waals surface area contributed by atoms with E-state index in [4.69, 9.17) is 0 Å². The van der Waals surface area contributed by atoms with E-state index in [2.05, 4.69) is 34.0 Å². The van der Waals surface area contributed by atoms with Crippen molar-refractivity contribution < 1.29 is 4.79 Å². The second-order valence-corrected chi connectivity index (χ2v) is 6.34. The van der Waals surface area contributed by atoms with E-state index < -0.39 is 0 Å². The van der Waals surface area contributed by atoms with Crippen LogP contribution in [-0.4, -0.2) is 42.0 Å². The Labute approximate surface area is 132 Å². The molecule has 118 valence electrons. The molecule has 0 bridgehead atoms. The lowest BCUT2D eigenvalue weighted by molar-refractivity contribution is -0.136. The van der Waals surface area contributed by atoms with Crippen molar-refractivity contribution in [2.24, 2.45) is 5.92 Å². The summed E-state index contributed by atoms with van der Waals surface area (Å²) in [5.41, 5.74) is 0. The Kier molecular flexibility index (Phi) is 4.76. The van der Waals surface area contributed by atoms with Crippen molar-refractivity contribution in [1.29, 1.82) is 0 Å². The molecule has 1 unspecified atom stereocenters. The minimum atomic E-state index is 0.218. The minimum Gasteiger partial charge on any atom is -0.357 e. The molecule has 1 aromatic rings. The van der Waals surface area contributed by atoms with Crippen LogP contribution in [0.25, 0.3) is 0 Å². The fraction of sp³-hybridized carbons (Fsp3) is 0.556. The average Bonchev–Trinajstić information content (AvgIpc) is 2.62. The first-order chi connectivity index (χ1) is 10.8. The van der Waals surface area contributed by atoms with E-state index in [1.807, 2.05) is 24.4 Å². The molecule has 1 saturated heterocycles. The van der Waals surface area contributed by atoms with Gasteiger partial charge in [0.05, 0.1) is 0 Å². The van der Waals surface area contributed by atoms with E-state index in [1.165, 1.54) is 0 Å². The van der Waals surface area contributed by atoms with Crippen LogP contribution in [0.1, 0.15) is 32.1 Å². The topological polar surface area (TPSA) is 36.4 Å². The molecular formula is C18H25N3O. The largest absolute Gasteiger partial charge is 0.357 e. The maximum Gasteiger partial charge on any atom is 0.226 e. The van der Waals surface area contributed by atoms with Crippen LogP contribution >= 0.6 is 0 Å². The number of rotatable bonds is 3. The van der Waals surface area contributed by atoms with E-state index in [0.717, 1.165) is 51.0 Å². The number of hydrogen-bond acceptors (Lipinski definition) is 3. The molecule has 1 atom stereocenters. The maximum atomic E-state index is 12.6. The zero-order chi connectivity index (χ0) is 15.4. The molecule has 0 saturated carbocycles. The number of aromatic nitrogens is 1. The first kappa shape index (κ1) is 15.1. The number of piperidine rings is 1. The molecule has 3 rings (SSSR count). The number of carbonyl (C=O) groups is 1. The highest BCUT2D eigenvalue weighted by atomic mass is 16.2. The molecule has 0 radical (unpaired) electrons. The van der Waals surface area contributed by atoms with Gasteiger partial charge in [0.1, 0.15) is 5.82 Å². The van der Waals surface area contributed by atoms with E-state index in [-0.39, 0.29) is 5.92 Å². The summed E-state index contributed by atoms with van der Waals surface area (Å²) >= 11 is 0. The Bertz CT molecular complexity index is 520. The lowest BCUT2D eigenvalue weighted by Gasteiger charge is -2.38. The number of allylic oxidation sites excluding steroid dienone is 2. The van der Waals surface area contributed by atoms with Crippen LogP contribution in [0.5, 0.6) is 0 Å². The quantitative estimate of drug-likeness (QED) is 0.805. The molecule has 1 amide bonds. The molecule has 1 aliphatic heterocycles. The molecule has 1 aromatic heterocycles. The summed E-state index contributed by atoms with van der Waals surface area (Å²) in [6.45, 7) is 1.75. The van der Waals surface area contributed by atoms with Crippen LogP contribution in [-0.2, 0) is 4.79 Å². The second-order valence-electron chi connectivity index (χ2n) is 6.34. The Hall–Kier alpha value is -1.84. The highest BCUT2D eigenvalue weighted by molar-refractivity contribution is 5.79. The van der Waals surface area contributed by atoms with Crippen LogP contribution in [0.3, 0.4) is 0 Å². The summed E-state index contributed by atoms with van der Waals surface area (Å²) in [6, 6.07) is 6.49. The van der Waals surface area contributed by atoms with Gasteiger partial charge in [0, 0.05) is 38.3 Å². The first-order valence-electron chi connectivity index (χ1n) is 8.33. The van der Waals surface area contributed by atoms with Crippen molar-refractivity contribution in [3.63, 3.8) is 0 Å². The van der Waals surface area contributed by atoms with Crippen LogP contribution < -0.4 is 4.90 Å². The number of hydrogen-bond donors (Lipinski definition) is 0. The normalized spacial score (nSPS) is 22.6. The van der Waals surface area contributed by atoms with Gasteiger partial charge in [-0.1, -0.05) is 18.2 Å². The summed E-state index contributed by atoms with van der Waals surface area (Å²) in [7, 11) is 2.11. The highest BCUT2D eigenvalue weighted by Crippen LogP contribution is 2.25. The molecule has 1 fully saturated rings. The molecular weight excluding hydrogens is 274 g/mol. The highest BCUT2D eigenvalue weighted by Gasteiger charge is 2.29. The number of carbonyl (C=O) groups excluding carboxylic acids is 1. The predicted molar refractivity (Wildman–Crippen MR) is 88.7 cm³/mol. The zero-order valence-corrected chi connectivity index (χ0v) is 13.3. The molecule has 1 aliphatic carbocycles. The number of pyridine rings is 1. The van der Waals surface area contributed by atoms with Crippen molar-refractivity contribution in [2.45, 2.75) is 38.1 Å². The third-order valence-electron chi connectivity index (χ3n) is 4.95. The Morgan fingerprint density at radius 2 is 2.05 bits per heavy atom. The lowest BCUT2D eigenvalue weighted by atomic mass is 9.92. The number of nitrogens with zero attached hydrogens (tertiary/aromatic N) is 3. The monoisotopic (exact) mass is 299 g/mol. The molecule has 4 nitrogen and oxygen atoms in total.